The van der Waals surface area contributed by atoms with Crippen LogP contribution in [0.25, 0.3) is 0 Å². The van der Waals surface area contributed by atoms with Gasteiger partial charge in [-0.1, -0.05) is 0 Å². The van der Waals surface area contributed by atoms with E-state index in [1.54, 1.807) is 4.90 Å². The van der Waals surface area contributed by atoms with Crippen LogP contribution < -0.4 is 14.8 Å². The lowest BCUT2D eigenvalue weighted by molar-refractivity contribution is 0.0727. The topological polar surface area (TPSA) is 76.6 Å². The molecular weight excluding hydrogens is 272 g/mol. The second kappa shape index (κ2) is 7.10. The Hall–Kier alpha value is -1.60. The highest BCUT2D eigenvalue weighted by Crippen LogP contribution is 2.25. The first-order valence-electron chi connectivity index (χ1n) is 5.71. The van der Waals surface area contributed by atoms with Gasteiger partial charge < -0.3 is 19.7 Å². The minimum Gasteiger partial charge on any atom is -0.480 e. The molecule has 1 N–H and O–H groups in total. The van der Waals surface area contributed by atoms with Gasteiger partial charge in [-0.3, -0.25) is 4.79 Å². The van der Waals surface area contributed by atoms with Gasteiger partial charge in [0.25, 0.3) is 5.91 Å². The molecule has 1 saturated heterocycles. The maximum atomic E-state index is 12.4. The van der Waals surface area contributed by atoms with Crippen LogP contribution in [0.1, 0.15) is 10.4 Å². The Morgan fingerprint density at radius 3 is 2.21 bits per heavy atom. The first kappa shape index (κ1) is 15.5. The standard InChI is InChI=1S/C11H16N4O3.ClH/c1-17-9-8(10(18-2)14-7-13-9)11(16)15-5-3-12-4-6-15;/h7,12H,3-6H2,1-2H3;1H. The predicted molar refractivity (Wildman–Crippen MR) is 71.2 cm³/mol. The number of carbonyl (C=O) groups is 1. The lowest BCUT2D eigenvalue weighted by atomic mass is 10.2. The molecule has 7 nitrogen and oxygen atoms in total. The van der Waals surface area contributed by atoms with Crippen LogP contribution in [0.2, 0.25) is 0 Å². The van der Waals surface area contributed by atoms with Crippen molar-refractivity contribution in [2.45, 2.75) is 0 Å². The lowest BCUT2D eigenvalue weighted by Crippen LogP contribution is -2.46. The number of carbonyl (C=O) groups excluding carboxylic acids is 1. The van der Waals surface area contributed by atoms with Crippen molar-refractivity contribution in [1.29, 1.82) is 0 Å². The highest BCUT2D eigenvalue weighted by molar-refractivity contribution is 5.98. The van der Waals surface area contributed by atoms with Gasteiger partial charge in [-0.05, 0) is 0 Å². The van der Waals surface area contributed by atoms with E-state index in [-0.39, 0.29) is 35.6 Å². The van der Waals surface area contributed by atoms with Gasteiger partial charge in [0.2, 0.25) is 11.8 Å². The van der Waals surface area contributed by atoms with Crippen molar-refractivity contribution in [2.75, 3.05) is 40.4 Å². The van der Waals surface area contributed by atoms with E-state index in [9.17, 15) is 4.79 Å². The largest absolute Gasteiger partial charge is 0.480 e. The molecule has 1 aromatic rings. The summed E-state index contributed by atoms with van der Waals surface area (Å²) in [5.74, 6) is 0.321. The van der Waals surface area contributed by atoms with Crippen molar-refractivity contribution in [3.05, 3.63) is 11.9 Å². The SMILES string of the molecule is COc1ncnc(OC)c1C(=O)N1CCNCC1.Cl. The molecule has 19 heavy (non-hydrogen) atoms. The molecule has 0 bridgehead atoms. The molecule has 0 aromatic carbocycles. The van der Waals surface area contributed by atoms with Crippen molar-refractivity contribution in [3.8, 4) is 11.8 Å². The molecule has 0 unspecified atom stereocenters. The van der Waals surface area contributed by atoms with Crippen LogP contribution in [0.15, 0.2) is 6.33 Å². The van der Waals surface area contributed by atoms with E-state index >= 15 is 0 Å². The van der Waals surface area contributed by atoms with Gasteiger partial charge in [-0.25, -0.2) is 9.97 Å². The molecule has 1 aliphatic rings. The van der Waals surface area contributed by atoms with Gasteiger partial charge in [0.1, 0.15) is 6.33 Å². The molecule has 1 fully saturated rings. The van der Waals surface area contributed by atoms with Crippen LogP contribution in [0, 0.1) is 0 Å². The highest BCUT2D eigenvalue weighted by Gasteiger charge is 2.26. The van der Waals surface area contributed by atoms with Gasteiger partial charge >= 0.3 is 0 Å². The Morgan fingerprint density at radius 2 is 1.74 bits per heavy atom. The molecule has 106 valence electrons. The van der Waals surface area contributed by atoms with Gasteiger partial charge in [-0.2, -0.15) is 0 Å². The summed E-state index contributed by atoms with van der Waals surface area (Å²) in [6, 6.07) is 0. The quantitative estimate of drug-likeness (QED) is 0.841. The lowest BCUT2D eigenvalue weighted by Gasteiger charge is -2.27. The molecule has 0 atom stereocenters. The van der Waals surface area contributed by atoms with Crippen molar-refractivity contribution in [3.63, 3.8) is 0 Å². The number of rotatable bonds is 3. The molecule has 0 aliphatic carbocycles. The van der Waals surface area contributed by atoms with E-state index in [0.717, 1.165) is 13.1 Å². The Balaban J connectivity index is 0.00000180. The molecule has 1 aliphatic heterocycles. The van der Waals surface area contributed by atoms with E-state index in [1.807, 2.05) is 0 Å². The fourth-order valence-electron chi connectivity index (χ4n) is 1.87. The number of halogens is 1. The second-order valence-corrected chi connectivity index (χ2v) is 3.81. The van der Waals surface area contributed by atoms with Crippen LogP contribution >= 0.6 is 12.4 Å². The third-order valence-electron chi connectivity index (χ3n) is 2.78. The van der Waals surface area contributed by atoms with Gasteiger partial charge in [-0.15, -0.1) is 12.4 Å². The second-order valence-electron chi connectivity index (χ2n) is 3.81. The average Bonchev–Trinajstić information content (AvgIpc) is 2.46. The van der Waals surface area contributed by atoms with Crippen molar-refractivity contribution in [1.82, 2.24) is 20.2 Å². The van der Waals surface area contributed by atoms with E-state index in [1.165, 1.54) is 20.5 Å². The van der Waals surface area contributed by atoms with E-state index < -0.39 is 0 Å². The number of hydrogen-bond acceptors (Lipinski definition) is 6. The van der Waals surface area contributed by atoms with Crippen LogP contribution in [-0.2, 0) is 0 Å². The number of nitrogens with one attached hydrogen (secondary N) is 1. The first-order chi connectivity index (χ1) is 8.77. The number of ether oxygens (including phenoxy) is 2. The minimum absolute atomic E-state index is 0. The molecule has 1 aromatic heterocycles. The highest BCUT2D eigenvalue weighted by atomic mass is 35.5. The number of methoxy groups -OCH3 is 2. The summed E-state index contributed by atoms with van der Waals surface area (Å²) in [7, 11) is 2.94. The summed E-state index contributed by atoms with van der Waals surface area (Å²) in [5.41, 5.74) is 0.282. The molecular formula is C11H17ClN4O3. The van der Waals surface area contributed by atoms with Gasteiger partial charge in [0, 0.05) is 26.2 Å². The molecule has 0 radical (unpaired) electrons. The van der Waals surface area contributed by atoms with E-state index in [0.29, 0.717) is 13.1 Å². The Labute approximate surface area is 117 Å². The van der Waals surface area contributed by atoms with Crippen molar-refractivity contribution >= 4 is 18.3 Å². The number of aromatic nitrogens is 2. The predicted octanol–water partition coefficient (Wildman–Crippen LogP) is -0.0390. The zero-order valence-electron chi connectivity index (χ0n) is 10.9. The molecule has 8 heteroatoms. The smallest absolute Gasteiger partial charge is 0.265 e. The fraction of sp³-hybridized carbons (Fsp3) is 0.545. The first-order valence-corrected chi connectivity index (χ1v) is 5.71. The van der Waals surface area contributed by atoms with Crippen LogP contribution in [0.4, 0.5) is 0 Å². The summed E-state index contributed by atoms with van der Waals surface area (Å²) in [6.45, 7) is 2.87. The Kier molecular flexibility index (Phi) is 5.78. The number of nitrogens with zero attached hydrogens (tertiary/aromatic N) is 3. The molecule has 1 amide bonds. The number of amides is 1. The van der Waals surface area contributed by atoms with Gasteiger partial charge in [0.05, 0.1) is 14.2 Å². The van der Waals surface area contributed by atoms with Crippen LogP contribution in [0.3, 0.4) is 0 Å². The monoisotopic (exact) mass is 288 g/mol. The zero-order valence-corrected chi connectivity index (χ0v) is 11.7. The van der Waals surface area contributed by atoms with E-state index in [2.05, 4.69) is 15.3 Å². The summed E-state index contributed by atoms with van der Waals surface area (Å²) in [6.07, 6.45) is 1.31. The summed E-state index contributed by atoms with van der Waals surface area (Å²) < 4.78 is 10.2. The third kappa shape index (κ3) is 3.24. The minimum atomic E-state index is -0.161. The zero-order chi connectivity index (χ0) is 13.0. The molecule has 2 rings (SSSR count). The molecule has 2 heterocycles. The third-order valence-corrected chi connectivity index (χ3v) is 2.78. The Morgan fingerprint density at radius 1 is 1.21 bits per heavy atom. The Bertz CT molecular complexity index is 416. The molecule has 0 spiro atoms. The fourth-order valence-corrected chi connectivity index (χ4v) is 1.87. The van der Waals surface area contributed by atoms with Crippen molar-refractivity contribution in [2.24, 2.45) is 0 Å². The molecule has 0 saturated carbocycles. The number of piperazine rings is 1. The average molecular weight is 289 g/mol. The normalized spacial score (nSPS) is 14.5. The maximum Gasteiger partial charge on any atom is 0.265 e. The van der Waals surface area contributed by atoms with E-state index in [4.69, 9.17) is 9.47 Å². The number of hydrogen-bond donors (Lipinski definition) is 1. The van der Waals surface area contributed by atoms with Gasteiger partial charge in [0.15, 0.2) is 5.56 Å². The van der Waals surface area contributed by atoms with Crippen molar-refractivity contribution < 1.29 is 14.3 Å². The summed E-state index contributed by atoms with van der Waals surface area (Å²) in [4.78, 5) is 22.0. The summed E-state index contributed by atoms with van der Waals surface area (Å²) in [5, 5.41) is 3.19. The van der Waals surface area contributed by atoms with Crippen LogP contribution in [0.5, 0.6) is 11.8 Å². The van der Waals surface area contributed by atoms with Crippen LogP contribution in [-0.4, -0.2) is 61.2 Å². The summed E-state index contributed by atoms with van der Waals surface area (Å²) >= 11 is 0. The maximum absolute atomic E-state index is 12.4.